The number of rotatable bonds is 6. The highest BCUT2D eigenvalue weighted by Crippen LogP contribution is 2.34. The summed E-state index contributed by atoms with van der Waals surface area (Å²) in [6, 6.07) is 11.5. The molecule has 0 bridgehead atoms. The number of anilines is 2. The quantitative estimate of drug-likeness (QED) is 0.757. The fourth-order valence-corrected chi connectivity index (χ4v) is 3.13. The monoisotopic (exact) mass is 435 g/mol. The summed E-state index contributed by atoms with van der Waals surface area (Å²) in [5.41, 5.74) is -0.797. The average molecular weight is 435 g/mol. The molecule has 1 N–H and O–H groups in total. The summed E-state index contributed by atoms with van der Waals surface area (Å²) in [7, 11) is 1.37. The molecule has 0 spiro atoms. The summed E-state index contributed by atoms with van der Waals surface area (Å²) in [4.78, 5) is 39.3. The van der Waals surface area contributed by atoms with Crippen molar-refractivity contribution < 1.29 is 32.3 Å². The second-order valence-electron chi connectivity index (χ2n) is 6.89. The van der Waals surface area contributed by atoms with Gasteiger partial charge < -0.3 is 19.9 Å². The van der Waals surface area contributed by atoms with Crippen LogP contribution in [0.3, 0.4) is 0 Å². The number of hydrogen-bond donors (Lipinski definition) is 1. The van der Waals surface area contributed by atoms with Gasteiger partial charge in [-0.25, -0.2) is 0 Å². The third kappa shape index (κ3) is 5.33. The predicted octanol–water partition coefficient (Wildman–Crippen LogP) is 2.92. The van der Waals surface area contributed by atoms with E-state index in [-0.39, 0.29) is 31.2 Å². The number of nitrogens with zero attached hydrogens (tertiary/aromatic N) is 2. The Kier molecular flexibility index (Phi) is 6.47. The average Bonchev–Trinajstić information content (AvgIpc) is 2.72. The Morgan fingerprint density at radius 1 is 1.13 bits per heavy atom. The maximum atomic E-state index is 13.0. The summed E-state index contributed by atoms with van der Waals surface area (Å²) in [5, 5.41) is 2.19. The lowest BCUT2D eigenvalue weighted by Gasteiger charge is -2.29. The van der Waals surface area contributed by atoms with Crippen molar-refractivity contribution in [2.45, 2.75) is 12.6 Å². The first-order valence-corrected chi connectivity index (χ1v) is 9.39. The number of hydrogen-bond acceptors (Lipinski definition) is 4. The number of benzene rings is 2. The van der Waals surface area contributed by atoms with Crippen LogP contribution in [0.1, 0.15) is 12.0 Å². The molecule has 0 saturated carbocycles. The first kappa shape index (κ1) is 22.1. The highest BCUT2D eigenvalue weighted by atomic mass is 19.4. The second kappa shape index (κ2) is 9.07. The Morgan fingerprint density at radius 2 is 1.81 bits per heavy atom. The van der Waals surface area contributed by atoms with E-state index >= 15 is 0 Å². The minimum atomic E-state index is -4.62. The van der Waals surface area contributed by atoms with E-state index in [0.717, 1.165) is 17.0 Å². The molecule has 0 radical (unpaired) electrons. The molecular weight excluding hydrogens is 415 g/mol. The lowest BCUT2D eigenvalue weighted by Crippen LogP contribution is -2.42. The molecule has 164 valence electrons. The number of alkyl halides is 3. The van der Waals surface area contributed by atoms with E-state index in [4.69, 9.17) is 4.74 Å². The molecule has 1 heterocycles. The topological polar surface area (TPSA) is 79.0 Å². The third-order valence-corrected chi connectivity index (χ3v) is 4.67. The van der Waals surface area contributed by atoms with E-state index < -0.39 is 30.1 Å². The van der Waals surface area contributed by atoms with Crippen LogP contribution >= 0.6 is 0 Å². The molecule has 2 aromatic rings. The molecule has 0 atom stereocenters. The summed E-state index contributed by atoms with van der Waals surface area (Å²) in [6.45, 7) is -0.484. The Bertz CT molecular complexity index is 994. The van der Waals surface area contributed by atoms with Crippen LogP contribution in [0, 0.1) is 0 Å². The van der Waals surface area contributed by atoms with Gasteiger partial charge in [-0.15, -0.1) is 0 Å². The number of carbonyl (C=O) groups is 3. The Hall–Kier alpha value is -3.56. The molecule has 7 nitrogen and oxygen atoms in total. The Morgan fingerprint density at radius 3 is 2.55 bits per heavy atom. The molecule has 1 aliphatic heterocycles. The van der Waals surface area contributed by atoms with Crippen LogP contribution in [0.15, 0.2) is 48.5 Å². The van der Waals surface area contributed by atoms with E-state index in [9.17, 15) is 27.6 Å². The van der Waals surface area contributed by atoms with E-state index in [2.05, 4.69) is 5.32 Å². The van der Waals surface area contributed by atoms with Crippen molar-refractivity contribution in [3.63, 3.8) is 0 Å². The zero-order chi connectivity index (χ0) is 22.6. The van der Waals surface area contributed by atoms with Crippen molar-refractivity contribution in [3.05, 3.63) is 54.1 Å². The van der Waals surface area contributed by atoms with Gasteiger partial charge in [0.15, 0.2) is 6.61 Å². The molecule has 0 aromatic heterocycles. The van der Waals surface area contributed by atoms with Gasteiger partial charge in [0, 0.05) is 20.0 Å². The molecule has 0 saturated heterocycles. The number of halogens is 3. The largest absolute Gasteiger partial charge is 0.482 e. The van der Waals surface area contributed by atoms with Gasteiger partial charge in [0.1, 0.15) is 5.75 Å². The standard InChI is InChI=1S/C21H20F3N3O4/c1-26(12-18(28)25-15-7-3-2-6-14(15)21(22,23)24)19(29)10-11-27-16-8-4-5-9-17(16)31-13-20(27)30/h2-9H,10-13H2,1H3,(H,25,28). The summed E-state index contributed by atoms with van der Waals surface area (Å²) >= 11 is 0. The van der Waals surface area contributed by atoms with Crippen molar-refractivity contribution in [2.75, 3.05) is 37.0 Å². The maximum Gasteiger partial charge on any atom is 0.418 e. The van der Waals surface area contributed by atoms with Gasteiger partial charge in [-0.3, -0.25) is 14.4 Å². The first-order valence-electron chi connectivity index (χ1n) is 9.39. The van der Waals surface area contributed by atoms with E-state index in [1.165, 1.54) is 24.1 Å². The van der Waals surface area contributed by atoms with Crippen LogP contribution in [-0.2, 0) is 20.6 Å². The van der Waals surface area contributed by atoms with Gasteiger partial charge in [0.2, 0.25) is 11.8 Å². The molecule has 0 fully saturated rings. The normalized spacial score (nSPS) is 13.3. The molecule has 2 aromatic carbocycles. The van der Waals surface area contributed by atoms with Crippen molar-refractivity contribution in [2.24, 2.45) is 0 Å². The van der Waals surface area contributed by atoms with Crippen LogP contribution in [0.25, 0.3) is 0 Å². The van der Waals surface area contributed by atoms with Crippen LogP contribution in [0.5, 0.6) is 5.75 Å². The van der Waals surface area contributed by atoms with Gasteiger partial charge >= 0.3 is 6.18 Å². The number of fused-ring (bicyclic) bond motifs is 1. The lowest BCUT2D eigenvalue weighted by molar-refractivity contribution is -0.137. The van der Waals surface area contributed by atoms with Gasteiger partial charge in [-0.2, -0.15) is 13.2 Å². The van der Waals surface area contributed by atoms with Crippen LogP contribution in [-0.4, -0.2) is 49.4 Å². The molecule has 0 unspecified atom stereocenters. The summed E-state index contributed by atoms with van der Waals surface area (Å²) in [6.07, 6.45) is -4.68. The SMILES string of the molecule is CN(CC(=O)Nc1ccccc1C(F)(F)F)C(=O)CCN1C(=O)COc2ccccc21. The summed E-state index contributed by atoms with van der Waals surface area (Å²) < 4.78 is 44.5. The Labute approximate surface area is 176 Å². The molecule has 3 amide bonds. The van der Waals surface area contributed by atoms with E-state index in [1.807, 2.05) is 0 Å². The minimum absolute atomic E-state index is 0.0665. The number of carbonyl (C=O) groups excluding carboxylic acids is 3. The molecule has 10 heteroatoms. The lowest BCUT2D eigenvalue weighted by atomic mass is 10.1. The highest BCUT2D eigenvalue weighted by molar-refractivity contribution is 5.98. The predicted molar refractivity (Wildman–Crippen MR) is 107 cm³/mol. The van der Waals surface area contributed by atoms with Crippen LogP contribution in [0.2, 0.25) is 0 Å². The minimum Gasteiger partial charge on any atom is -0.482 e. The first-order chi connectivity index (χ1) is 14.7. The van der Waals surface area contributed by atoms with Crippen molar-refractivity contribution >= 4 is 29.1 Å². The maximum absolute atomic E-state index is 13.0. The molecular formula is C21H20F3N3O4. The molecule has 0 aliphatic carbocycles. The van der Waals surface area contributed by atoms with E-state index in [1.54, 1.807) is 24.3 Å². The third-order valence-electron chi connectivity index (χ3n) is 4.67. The zero-order valence-corrected chi connectivity index (χ0v) is 16.6. The van der Waals surface area contributed by atoms with Crippen molar-refractivity contribution in [1.29, 1.82) is 0 Å². The molecule has 31 heavy (non-hydrogen) atoms. The Balaban J connectivity index is 1.57. The van der Waals surface area contributed by atoms with Gasteiger partial charge in [0.25, 0.3) is 5.91 Å². The fraction of sp³-hybridized carbons (Fsp3) is 0.286. The molecule has 3 rings (SSSR count). The van der Waals surface area contributed by atoms with E-state index in [0.29, 0.717) is 11.4 Å². The number of amides is 3. The van der Waals surface area contributed by atoms with Crippen LogP contribution in [0.4, 0.5) is 24.5 Å². The zero-order valence-electron chi connectivity index (χ0n) is 16.6. The number of likely N-dealkylation sites (N-methyl/N-ethyl adjacent to an activating group) is 1. The number of ether oxygens (including phenoxy) is 1. The number of para-hydroxylation sites is 3. The number of nitrogens with one attached hydrogen (secondary N) is 1. The van der Waals surface area contributed by atoms with Gasteiger partial charge in [-0.05, 0) is 24.3 Å². The fourth-order valence-electron chi connectivity index (χ4n) is 3.13. The second-order valence-corrected chi connectivity index (χ2v) is 6.89. The highest BCUT2D eigenvalue weighted by Gasteiger charge is 2.33. The van der Waals surface area contributed by atoms with Gasteiger partial charge in [-0.1, -0.05) is 24.3 Å². The van der Waals surface area contributed by atoms with Crippen molar-refractivity contribution in [3.8, 4) is 5.75 Å². The smallest absolute Gasteiger partial charge is 0.418 e. The summed E-state index contributed by atoms with van der Waals surface area (Å²) in [5.74, 6) is -0.961. The molecule has 1 aliphatic rings. The van der Waals surface area contributed by atoms with Crippen LogP contribution < -0.4 is 15.0 Å². The van der Waals surface area contributed by atoms with Gasteiger partial charge in [0.05, 0.1) is 23.5 Å². The van der Waals surface area contributed by atoms with Crippen molar-refractivity contribution in [1.82, 2.24) is 4.90 Å².